The largest absolute Gasteiger partial charge is 0.330 e. The second-order valence-electron chi connectivity index (χ2n) is 6.48. The smallest absolute Gasteiger partial charge is 0.224 e. The molecule has 1 rings (SSSR count). The normalized spacial score (nSPS) is 10.8. The fourth-order valence-electron chi connectivity index (χ4n) is 2.75. The van der Waals surface area contributed by atoms with Crippen molar-refractivity contribution >= 4 is 11.6 Å². The molecule has 0 saturated heterocycles. The maximum absolute atomic E-state index is 14.0. The molecule has 0 aliphatic carbocycles. The maximum Gasteiger partial charge on any atom is 0.224 e. The average molecular weight is 336 g/mol. The highest BCUT2D eigenvalue weighted by Gasteiger charge is 2.07. The van der Waals surface area contributed by atoms with Crippen LogP contribution in [0.1, 0.15) is 76.7 Å². The molecule has 3 nitrogen and oxygen atoms in total. The summed E-state index contributed by atoms with van der Waals surface area (Å²) in [5.41, 5.74) is 6.62. The minimum Gasteiger partial charge on any atom is -0.330 e. The van der Waals surface area contributed by atoms with Gasteiger partial charge in [0.1, 0.15) is 5.82 Å². The molecule has 4 heteroatoms. The minimum atomic E-state index is -0.354. The number of hydrogen-bond acceptors (Lipinski definition) is 2. The molecule has 0 radical (unpaired) electrons. The summed E-state index contributed by atoms with van der Waals surface area (Å²) >= 11 is 0. The van der Waals surface area contributed by atoms with Crippen molar-refractivity contribution in [3.05, 3.63) is 29.6 Å². The minimum absolute atomic E-state index is 0.185. The fraction of sp³-hybridized carbons (Fsp3) is 0.650. The predicted molar refractivity (Wildman–Crippen MR) is 99.6 cm³/mol. The molecular formula is C20H33FN2O. The van der Waals surface area contributed by atoms with Crippen LogP contribution in [0.4, 0.5) is 10.1 Å². The zero-order valence-corrected chi connectivity index (χ0v) is 15.1. The predicted octanol–water partition coefficient (Wildman–Crippen LogP) is 5.19. The summed E-state index contributed by atoms with van der Waals surface area (Å²) in [5, 5.41) is 2.60. The molecule has 0 fully saturated rings. The highest BCUT2D eigenvalue weighted by molar-refractivity contribution is 5.90. The van der Waals surface area contributed by atoms with Gasteiger partial charge >= 0.3 is 0 Å². The first-order valence-corrected chi connectivity index (χ1v) is 9.45. The Morgan fingerprint density at radius 3 is 2.33 bits per heavy atom. The number of anilines is 1. The number of carbonyl (C=O) groups is 1. The Hall–Kier alpha value is -1.42. The first-order chi connectivity index (χ1) is 11.7. The van der Waals surface area contributed by atoms with E-state index in [2.05, 4.69) is 12.2 Å². The Labute approximate surface area is 146 Å². The third-order valence-electron chi connectivity index (χ3n) is 4.23. The number of halogens is 1. The van der Waals surface area contributed by atoms with Gasteiger partial charge in [0, 0.05) is 6.42 Å². The van der Waals surface area contributed by atoms with Crippen molar-refractivity contribution in [2.75, 3.05) is 11.9 Å². The SMILES string of the molecule is CCCCCCCCCCc1ccc(NC(=O)CCCN)c(F)c1. The van der Waals surface area contributed by atoms with Crippen LogP contribution in [0.25, 0.3) is 0 Å². The Morgan fingerprint density at radius 2 is 1.71 bits per heavy atom. The molecule has 24 heavy (non-hydrogen) atoms. The number of amides is 1. The molecule has 1 aromatic rings. The van der Waals surface area contributed by atoms with Gasteiger partial charge in [-0.1, -0.05) is 57.9 Å². The van der Waals surface area contributed by atoms with E-state index in [-0.39, 0.29) is 17.4 Å². The molecule has 0 spiro atoms. The summed E-state index contributed by atoms with van der Waals surface area (Å²) in [5.74, 6) is -0.539. The van der Waals surface area contributed by atoms with Gasteiger partial charge in [-0.2, -0.15) is 0 Å². The van der Waals surface area contributed by atoms with E-state index >= 15 is 0 Å². The molecule has 1 aromatic carbocycles. The van der Waals surface area contributed by atoms with Crippen molar-refractivity contribution in [1.29, 1.82) is 0 Å². The number of aryl methyl sites for hydroxylation is 1. The van der Waals surface area contributed by atoms with Gasteiger partial charge in [0.25, 0.3) is 0 Å². The van der Waals surface area contributed by atoms with Crippen LogP contribution in [0, 0.1) is 5.82 Å². The van der Waals surface area contributed by atoms with Crippen LogP contribution in [-0.4, -0.2) is 12.5 Å². The zero-order chi connectivity index (χ0) is 17.6. The van der Waals surface area contributed by atoms with Crippen LogP contribution < -0.4 is 11.1 Å². The molecule has 1 amide bonds. The molecule has 0 bridgehead atoms. The highest BCUT2D eigenvalue weighted by atomic mass is 19.1. The molecular weight excluding hydrogens is 303 g/mol. The van der Waals surface area contributed by atoms with E-state index in [4.69, 9.17) is 5.73 Å². The van der Waals surface area contributed by atoms with Crippen molar-refractivity contribution in [2.24, 2.45) is 5.73 Å². The lowest BCUT2D eigenvalue weighted by molar-refractivity contribution is -0.116. The molecule has 136 valence electrons. The summed E-state index contributed by atoms with van der Waals surface area (Å²) in [6.45, 7) is 2.70. The van der Waals surface area contributed by atoms with Crippen LogP contribution in [0.15, 0.2) is 18.2 Å². The second kappa shape index (κ2) is 12.9. The number of unbranched alkanes of at least 4 members (excludes halogenated alkanes) is 7. The fourth-order valence-corrected chi connectivity index (χ4v) is 2.75. The van der Waals surface area contributed by atoms with Crippen LogP contribution in [0.5, 0.6) is 0 Å². The zero-order valence-electron chi connectivity index (χ0n) is 15.1. The van der Waals surface area contributed by atoms with Gasteiger partial charge in [0.05, 0.1) is 5.69 Å². The Bertz CT molecular complexity index is 477. The van der Waals surface area contributed by atoms with Crippen LogP contribution in [0.3, 0.4) is 0 Å². The number of nitrogens with two attached hydrogens (primary N) is 1. The topological polar surface area (TPSA) is 55.1 Å². The van der Waals surface area contributed by atoms with Crippen LogP contribution in [-0.2, 0) is 11.2 Å². The quantitative estimate of drug-likeness (QED) is 0.487. The molecule has 0 atom stereocenters. The Kier molecular flexibility index (Phi) is 11.1. The van der Waals surface area contributed by atoms with Gasteiger partial charge in [-0.3, -0.25) is 4.79 Å². The third kappa shape index (κ3) is 9.02. The standard InChI is InChI=1S/C20H33FN2O/c1-2-3-4-5-6-7-8-9-11-17-13-14-19(18(21)16-17)23-20(24)12-10-15-22/h13-14,16H,2-12,15,22H2,1H3,(H,23,24). The van der Waals surface area contributed by atoms with Gasteiger partial charge in [0.15, 0.2) is 0 Å². The van der Waals surface area contributed by atoms with E-state index in [0.29, 0.717) is 19.4 Å². The lowest BCUT2D eigenvalue weighted by Crippen LogP contribution is -2.14. The number of carbonyl (C=O) groups excluding carboxylic acids is 1. The summed E-state index contributed by atoms with van der Waals surface area (Å²) in [4.78, 5) is 11.6. The van der Waals surface area contributed by atoms with Crippen molar-refractivity contribution in [2.45, 2.75) is 77.6 Å². The molecule has 0 aliphatic heterocycles. The number of hydrogen-bond donors (Lipinski definition) is 2. The monoisotopic (exact) mass is 336 g/mol. The van der Waals surface area contributed by atoms with E-state index < -0.39 is 0 Å². The summed E-state index contributed by atoms with van der Waals surface area (Å²) in [6, 6.07) is 5.11. The lowest BCUT2D eigenvalue weighted by Gasteiger charge is -2.08. The van der Waals surface area contributed by atoms with E-state index in [9.17, 15) is 9.18 Å². The summed E-state index contributed by atoms with van der Waals surface area (Å²) in [6.07, 6.45) is 12.0. The molecule has 0 heterocycles. The van der Waals surface area contributed by atoms with E-state index in [1.807, 2.05) is 6.07 Å². The van der Waals surface area contributed by atoms with Crippen molar-refractivity contribution in [3.8, 4) is 0 Å². The van der Waals surface area contributed by atoms with Crippen molar-refractivity contribution in [3.63, 3.8) is 0 Å². The van der Waals surface area contributed by atoms with Crippen LogP contribution in [0.2, 0.25) is 0 Å². The molecule has 0 aromatic heterocycles. The number of nitrogens with one attached hydrogen (secondary N) is 1. The third-order valence-corrected chi connectivity index (χ3v) is 4.23. The van der Waals surface area contributed by atoms with E-state index in [1.165, 1.54) is 44.9 Å². The van der Waals surface area contributed by atoms with Crippen molar-refractivity contribution < 1.29 is 9.18 Å². The number of rotatable bonds is 13. The lowest BCUT2D eigenvalue weighted by atomic mass is 10.0. The van der Waals surface area contributed by atoms with Gasteiger partial charge in [-0.05, 0) is 43.5 Å². The van der Waals surface area contributed by atoms with Gasteiger partial charge in [-0.15, -0.1) is 0 Å². The molecule has 0 aliphatic rings. The Balaban J connectivity index is 2.25. The Morgan fingerprint density at radius 1 is 1.04 bits per heavy atom. The van der Waals surface area contributed by atoms with Crippen molar-refractivity contribution in [1.82, 2.24) is 0 Å². The van der Waals surface area contributed by atoms with E-state index in [0.717, 1.165) is 18.4 Å². The summed E-state index contributed by atoms with van der Waals surface area (Å²) < 4.78 is 14.0. The first kappa shape index (κ1) is 20.6. The van der Waals surface area contributed by atoms with Gasteiger partial charge < -0.3 is 11.1 Å². The molecule has 0 saturated carbocycles. The van der Waals surface area contributed by atoms with Gasteiger partial charge in [-0.25, -0.2) is 4.39 Å². The second-order valence-corrected chi connectivity index (χ2v) is 6.48. The average Bonchev–Trinajstić information content (AvgIpc) is 2.57. The van der Waals surface area contributed by atoms with Gasteiger partial charge in [0.2, 0.25) is 5.91 Å². The van der Waals surface area contributed by atoms with E-state index in [1.54, 1.807) is 12.1 Å². The van der Waals surface area contributed by atoms with Crippen LogP contribution >= 0.6 is 0 Å². The number of benzene rings is 1. The summed E-state index contributed by atoms with van der Waals surface area (Å²) in [7, 11) is 0. The highest BCUT2D eigenvalue weighted by Crippen LogP contribution is 2.18. The molecule has 3 N–H and O–H groups in total. The first-order valence-electron chi connectivity index (χ1n) is 9.45. The maximum atomic E-state index is 14.0. The molecule has 0 unspecified atom stereocenters.